The Hall–Kier alpha value is -1.82. The highest BCUT2D eigenvalue weighted by atomic mass is 16.2. The van der Waals surface area contributed by atoms with E-state index in [9.17, 15) is 9.59 Å². The highest BCUT2D eigenvalue weighted by Gasteiger charge is 2.33. The maximum absolute atomic E-state index is 13.4. The summed E-state index contributed by atoms with van der Waals surface area (Å²) in [5, 5.41) is 3.14. The predicted octanol–water partition coefficient (Wildman–Crippen LogP) is 2.65. The molecule has 28 heavy (non-hydrogen) atoms. The van der Waals surface area contributed by atoms with Crippen LogP contribution in [0.1, 0.15) is 72.7 Å². The van der Waals surface area contributed by atoms with Gasteiger partial charge in [-0.05, 0) is 45.6 Å². The highest BCUT2D eigenvalue weighted by Crippen LogP contribution is 2.32. The van der Waals surface area contributed by atoms with E-state index >= 15 is 0 Å². The van der Waals surface area contributed by atoms with Gasteiger partial charge in [0.25, 0.3) is 5.91 Å². The van der Waals surface area contributed by atoms with Gasteiger partial charge in [-0.3, -0.25) is 9.59 Å². The van der Waals surface area contributed by atoms with Gasteiger partial charge in [-0.1, -0.05) is 19.3 Å². The molecule has 0 bridgehead atoms. The van der Waals surface area contributed by atoms with Gasteiger partial charge in [-0.15, -0.1) is 0 Å². The first-order valence-corrected chi connectivity index (χ1v) is 11.0. The molecule has 1 unspecified atom stereocenters. The number of hydrogen-bond acceptors (Lipinski definition) is 3. The Balaban J connectivity index is 1.50. The molecule has 2 aliphatic heterocycles. The molecule has 2 amide bonds. The molecule has 6 nitrogen and oxygen atoms in total. The second-order valence-electron chi connectivity index (χ2n) is 8.76. The SMILES string of the molecule is Cc1cc(C(=O)N2CCCC(N3CCNCC3=O)C2)c(C)n1C1CCCCC1. The van der Waals surface area contributed by atoms with Crippen LogP contribution in [0.4, 0.5) is 0 Å². The summed E-state index contributed by atoms with van der Waals surface area (Å²) in [4.78, 5) is 29.6. The first-order valence-electron chi connectivity index (χ1n) is 11.0. The maximum Gasteiger partial charge on any atom is 0.255 e. The number of likely N-dealkylation sites (tertiary alicyclic amines) is 1. The van der Waals surface area contributed by atoms with E-state index < -0.39 is 0 Å². The number of rotatable bonds is 3. The van der Waals surface area contributed by atoms with Gasteiger partial charge in [0.15, 0.2) is 0 Å². The molecule has 154 valence electrons. The number of aryl methyl sites for hydroxylation is 1. The van der Waals surface area contributed by atoms with Crippen LogP contribution in [0.3, 0.4) is 0 Å². The summed E-state index contributed by atoms with van der Waals surface area (Å²) < 4.78 is 2.41. The molecule has 0 aromatic carbocycles. The third-order valence-corrected chi connectivity index (χ3v) is 6.91. The number of piperidine rings is 1. The molecule has 1 aromatic rings. The zero-order valence-corrected chi connectivity index (χ0v) is 17.4. The molecule has 2 saturated heterocycles. The van der Waals surface area contributed by atoms with Crippen molar-refractivity contribution in [3.63, 3.8) is 0 Å². The molecule has 3 heterocycles. The van der Waals surface area contributed by atoms with E-state index in [1.54, 1.807) is 0 Å². The molecule has 4 rings (SSSR count). The normalized spacial score (nSPS) is 24.6. The van der Waals surface area contributed by atoms with Crippen LogP contribution >= 0.6 is 0 Å². The minimum absolute atomic E-state index is 0.141. The molecule has 0 radical (unpaired) electrons. The highest BCUT2D eigenvalue weighted by molar-refractivity contribution is 5.96. The quantitative estimate of drug-likeness (QED) is 0.869. The molecule has 1 aromatic heterocycles. The minimum Gasteiger partial charge on any atom is -0.345 e. The molecular formula is C22H34N4O2. The third-order valence-electron chi connectivity index (χ3n) is 6.91. The summed E-state index contributed by atoms with van der Waals surface area (Å²) in [5.74, 6) is 0.309. The van der Waals surface area contributed by atoms with E-state index in [-0.39, 0.29) is 17.9 Å². The van der Waals surface area contributed by atoms with Crippen LogP contribution in [0.15, 0.2) is 6.07 Å². The van der Waals surface area contributed by atoms with Crippen LogP contribution in [0, 0.1) is 13.8 Å². The summed E-state index contributed by atoms with van der Waals surface area (Å²) in [6, 6.07) is 2.79. The van der Waals surface area contributed by atoms with Crippen molar-refractivity contribution in [3.05, 3.63) is 23.0 Å². The van der Waals surface area contributed by atoms with Crippen LogP contribution in [-0.2, 0) is 4.79 Å². The summed E-state index contributed by atoms with van der Waals surface area (Å²) in [5.41, 5.74) is 3.18. The van der Waals surface area contributed by atoms with Crippen molar-refractivity contribution in [1.29, 1.82) is 0 Å². The number of hydrogen-bond donors (Lipinski definition) is 1. The van der Waals surface area contributed by atoms with Gasteiger partial charge in [-0.25, -0.2) is 0 Å². The van der Waals surface area contributed by atoms with Gasteiger partial charge in [0.1, 0.15) is 0 Å². The summed E-state index contributed by atoms with van der Waals surface area (Å²) in [6.07, 6.45) is 8.32. The number of amides is 2. The monoisotopic (exact) mass is 386 g/mol. The van der Waals surface area contributed by atoms with Gasteiger partial charge in [0.05, 0.1) is 12.1 Å². The van der Waals surface area contributed by atoms with Crippen molar-refractivity contribution < 1.29 is 9.59 Å². The molecule has 0 spiro atoms. The molecular weight excluding hydrogens is 352 g/mol. The van der Waals surface area contributed by atoms with Crippen LogP contribution in [0.25, 0.3) is 0 Å². The number of aromatic nitrogens is 1. The Morgan fingerprint density at radius 2 is 1.79 bits per heavy atom. The Kier molecular flexibility index (Phi) is 5.76. The van der Waals surface area contributed by atoms with Crippen molar-refractivity contribution in [3.8, 4) is 0 Å². The van der Waals surface area contributed by atoms with E-state index in [0.717, 1.165) is 43.7 Å². The van der Waals surface area contributed by atoms with Gasteiger partial charge in [0.2, 0.25) is 5.91 Å². The standard InChI is InChI=1S/C22H34N4O2/c1-16-13-20(17(2)26(16)18-7-4-3-5-8-18)22(28)24-11-6-9-19(15-24)25-12-10-23-14-21(25)27/h13,18-19,23H,3-12,14-15H2,1-2H3. The number of carbonyl (C=O) groups excluding carboxylic acids is 2. The second-order valence-corrected chi connectivity index (χ2v) is 8.76. The fourth-order valence-electron chi connectivity index (χ4n) is 5.47. The maximum atomic E-state index is 13.4. The molecule has 1 saturated carbocycles. The van der Waals surface area contributed by atoms with Gasteiger partial charge in [-0.2, -0.15) is 0 Å². The summed E-state index contributed by atoms with van der Waals surface area (Å²) in [7, 11) is 0. The van der Waals surface area contributed by atoms with Gasteiger partial charge >= 0.3 is 0 Å². The van der Waals surface area contributed by atoms with Crippen molar-refractivity contribution in [2.45, 2.75) is 70.9 Å². The lowest BCUT2D eigenvalue weighted by Crippen LogP contribution is -2.57. The van der Waals surface area contributed by atoms with Crippen LogP contribution in [-0.4, -0.2) is 64.9 Å². The number of nitrogens with zero attached hydrogens (tertiary/aromatic N) is 3. The van der Waals surface area contributed by atoms with Crippen LogP contribution < -0.4 is 5.32 Å². The lowest BCUT2D eigenvalue weighted by Gasteiger charge is -2.41. The van der Waals surface area contributed by atoms with Gasteiger partial charge in [0, 0.05) is 49.7 Å². The predicted molar refractivity (Wildman–Crippen MR) is 110 cm³/mol. The minimum atomic E-state index is 0.141. The van der Waals surface area contributed by atoms with E-state index in [1.807, 2.05) is 9.80 Å². The zero-order valence-electron chi connectivity index (χ0n) is 17.4. The lowest BCUT2D eigenvalue weighted by molar-refractivity contribution is -0.135. The molecule has 1 N–H and O–H groups in total. The lowest BCUT2D eigenvalue weighted by atomic mass is 9.95. The molecule has 3 fully saturated rings. The van der Waals surface area contributed by atoms with E-state index in [0.29, 0.717) is 19.1 Å². The van der Waals surface area contributed by atoms with Crippen molar-refractivity contribution >= 4 is 11.8 Å². The third kappa shape index (κ3) is 3.71. The molecule has 6 heteroatoms. The molecule has 1 aliphatic carbocycles. The Bertz CT molecular complexity index is 735. The van der Waals surface area contributed by atoms with Crippen molar-refractivity contribution in [1.82, 2.24) is 19.7 Å². The van der Waals surface area contributed by atoms with E-state index in [2.05, 4.69) is 29.8 Å². The van der Waals surface area contributed by atoms with Crippen LogP contribution in [0.5, 0.6) is 0 Å². The average Bonchev–Trinajstić information content (AvgIpc) is 3.02. The number of carbonyl (C=O) groups is 2. The fraction of sp³-hybridized carbons (Fsp3) is 0.727. The Labute approximate surface area is 168 Å². The average molecular weight is 387 g/mol. The molecule has 1 atom stereocenters. The fourth-order valence-corrected chi connectivity index (χ4v) is 5.47. The summed E-state index contributed by atoms with van der Waals surface area (Å²) in [6.45, 7) is 7.72. The largest absolute Gasteiger partial charge is 0.345 e. The molecule has 3 aliphatic rings. The second kappa shape index (κ2) is 8.27. The smallest absolute Gasteiger partial charge is 0.255 e. The van der Waals surface area contributed by atoms with E-state index in [4.69, 9.17) is 0 Å². The number of piperazine rings is 1. The first kappa shape index (κ1) is 19.5. The van der Waals surface area contributed by atoms with Crippen molar-refractivity contribution in [2.75, 3.05) is 32.7 Å². The topological polar surface area (TPSA) is 57.6 Å². The number of nitrogens with one attached hydrogen (secondary N) is 1. The van der Waals surface area contributed by atoms with Gasteiger partial charge < -0.3 is 19.7 Å². The van der Waals surface area contributed by atoms with Crippen LogP contribution in [0.2, 0.25) is 0 Å². The van der Waals surface area contributed by atoms with Crippen molar-refractivity contribution in [2.24, 2.45) is 0 Å². The first-order chi connectivity index (χ1) is 13.6. The Morgan fingerprint density at radius 1 is 1.04 bits per heavy atom. The Morgan fingerprint density at radius 3 is 2.54 bits per heavy atom. The summed E-state index contributed by atoms with van der Waals surface area (Å²) >= 11 is 0. The zero-order chi connectivity index (χ0) is 19.7. The van der Waals surface area contributed by atoms with E-state index in [1.165, 1.54) is 37.8 Å².